The van der Waals surface area contributed by atoms with Crippen LogP contribution in [0.5, 0.6) is 0 Å². The molecule has 0 spiro atoms. The molecule has 0 aliphatic heterocycles. The van der Waals surface area contributed by atoms with E-state index in [1.54, 1.807) is 13.0 Å². The van der Waals surface area contributed by atoms with Gasteiger partial charge in [-0.15, -0.1) is 0 Å². The second kappa shape index (κ2) is 4.78. The average molecular weight is 206 g/mol. The maximum atomic E-state index is 11.0. The minimum atomic E-state index is 0.145. The van der Waals surface area contributed by atoms with Gasteiger partial charge in [0.05, 0.1) is 0 Å². The van der Waals surface area contributed by atoms with E-state index in [1.165, 1.54) is 18.4 Å². The lowest BCUT2D eigenvalue weighted by Crippen LogP contribution is -2.27. The Labute approximate surface area is 93.3 Å². The summed E-state index contributed by atoms with van der Waals surface area (Å²) < 4.78 is 0. The summed E-state index contributed by atoms with van der Waals surface area (Å²) in [7, 11) is 0. The van der Waals surface area contributed by atoms with Gasteiger partial charge in [-0.05, 0) is 37.7 Å². The van der Waals surface area contributed by atoms with Crippen LogP contribution in [0.3, 0.4) is 0 Å². The van der Waals surface area contributed by atoms with E-state index in [-0.39, 0.29) is 5.78 Å². The van der Waals surface area contributed by atoms with Crippen molar-refractivity contribution < 1.29 is 4.79 Å². The Bertz CT molecular complexity index is 294. The second-order valence-electron chi connectivity index (χ2n) is 5.11. The summed E-state index contributed by atoms with van der Waals surface area (Å²) in [6.45, 7) is 8.40. The van der Waals surface area contributed by atoms with Gasteiger partial charge in [0.2, 0.25) is 0 Å². The molecule has 0 heterocycles. The van der Waals surface area contributed by atoms with Gasteiger partial charge in [-0.2, -0.15) is 0 Å². The molecule has 0 amide bonds. The zero-order valence-electron chi connectivity index (χ0n) is 10.3. The molecule has 84 valence electrons. The van der Waals surface area contributed by atoms with Gasteiger partial charge in [-0.3, -0.25) is 4.79 Å². The van der Waals surface area contributed by atoms with Crippen LogP contribution in [0.4, 0.5) is 0 Å². The van der Waals surface area contributed by atoms with E-state index in [4.69, 9.17) is 0 Å². The number of carbonyl (C=O) groups is 1. The summed E-state index contributed by atoms with van der Waals surface area (Å²) in [5.74, 6) is 0.590. The third kappa shape index (κ3) is 3.05. The summed E-state index contributed by atoms with van der Waals surface area (Å²) in [6, 6.07) is 0. The molecule has 1 atom stereocenters. The van der Waals surface area contributed by atoms with Crippen molar-refractivity contribution in [2.45, 2.75) is 47.0 Å². The van der Waals surface area contributed by atoms with E-state index in [1.807, 2.05) is 0 Å². The van der Waals surface area contributed by atoms with Crippen LogP contribution in [0.25, 0.3) is 0 Å². The second-order valence-corrected chi connectivity index (χ2v) is 5.11. The van der Waals surface area contributed by atoms with Gasteiger partial charge >= 0.3 is 0 Å². The molecule has 0 radical (unpaired) electrons. The van der Waals surface area contributed by atoms with E-state index >= 15 is 0 Å². The highest BCUT2D eigenvalue weighted by molar-refractivity contribution is 5.87. The molecular formula is C14H22O. The quantitative estimate of drug-likeness (QED) is 0.505. The molecule has 0 aromatic rings. The molecule has 0 fully saturated rings. The topological polar surface area (TPSA) is 17.1 Å². The van der Waals surface area contributed by atoms with Crippen molar-refractivity contribution >= 4 is 5.78 Å². The Morgan fingerprint density at radius 1 is 1.60 bits per heavy atom. The first-order valence-electron chi connectivity index (χ1n) is 5.85. The zero-order chi connectivity index (χ0) is 11.5. The predicted octanol–water partition coefficient (Wildman–Crippen LogP) is 3.90. The molecule has 0 saturated carbocycles. The monoisotopic (exact) mass is 206 g/mol. The summed E-state index contributed by atoms with van der Waals surface area (Å²) in [5.41, 5.74) is 1.79. The van der Waals surface area contributed by atoms with E-state index < -0.39 is 0 Å². The molecule has 1 aliphatic carbocycles. The van der Waals surface area contributed by atoms with Crippen molar-refractivity contribution in [3.63, 3.8) is 0 Å². The number of carbonyl (C=O) groups excluding carboxylic acids is 1. The first kappa shape index (κ1) is 12.2. The van der Waals surface area contributed by atoms with Crippen LogP contribution in [0.1, 0.15) is 47.0 Å². The first-order valence-corrected chi connectivity index (χ1v) is 5.85. The number of allylic oxidation sites excluding steroid dienone is 4. The van der Waals surface area contributed by atoms with E-state index in [0.29, 0.717) is 11.3 Å². The molecule has 15 heavy (non-hydrogen) atoms. The van der Waals surface area contributed by atoms with Crippen LogP contribution in [-0.2, 0) is 4.79 Å². The molecular weight excluding hydrogens is 184 g/mol. The van der Waals surface area contributed by atoms with Crippen LogP contribution in [0, 0.1) is 11.3 Å². The summed E-state index contributed by atoms with van der Waals surface area (Å²) in [4.78, 5) is 11.0. The molecule has 1 rings (SSSR count). The van der Waals surface area contributed by atoms with Crippen molar-refractivity contribution in [2.75, 3.05) is 0 Å². The molecule has 0 N–H and O–H groups in total. The minimum absolute atomic E-state index is 0.145. The Hall–Kier alpha value is -0.850. The molecule has 0 saturated heterocycles. The SMILES string of the molecule is CCC1=CCCC(C)(C)[C@@H]1/C=C/C(C)=O. The summed E-state index contributed by atoms with van der Waals surface area (Å²) in [6.07, 6.45) is 9.65. The molecule has 1 aliphatic rings. The molecule has 0 aromatic carbocycles. The lowest BCUT2D eigenvalue weighted by Gasteiger charge is -2.37. The number of ketones is 1. The molecule has 0 unspecified atom stereocenters. The third-order valence-electron chi connectivity index (χ3n) is 3.37. The van der Waals surface area contributed by atoms with Gasteiger partial charge < -0.3 is 0 Å². The van der Waals surface area contributed by atoms with Crippen LogP contribution < -0.4 is 0 Å². The Morgan fingerprint density at radius 2 is 2.27 bits per heavy atom. The van der Waals surface area contributed by atoms with Gasteiger partial charge in [0.1, 0.15) is 0 Å². The Morgan fingerprint density at radius 3 is 2.80 bits per heavy atom. The fourth-order valence-corrected chi connectivity index (χ4v) is 2.39. The van der Waals surface area contributed by atoms with Gasteiger partial charge in [0.15, 0.2) is 5.78 Å². The van der Waals surface area contributed by atoms with Crippen molar-refractivity contribution in [2.24, 2.45) is 11.3 Å². The van der Waals surface area contributed by atoms with Gasteiger partial charge in [0, 0.05) is 5.92 Å². The fraction of sp³-hybridized carbons (Fsp3) is 0.643. The lowest BCUT2D eigenvalue weighted by molar-refractivity contribution is -0.112. The van der Waals surface area contributed by atoms with Gasteiger partial charge in [0.25, 0.3) is 0 Å². The van der Waals surface area contributed by atoms with Crippen LogP contribution >= 0.6 is 0 Å². The van der Waals surface area contributed by atoms with E-state index in [2.05, 4.69) is 32.9 Å². The van der Waals surface area contributed by atoms with Crippen LogP contribution in [-0.4, -0.2) is 5.78 Å². The number of rotatable bonds is 3. The minimum Gasteiger partial charge on any atom is -0.295 e. The predicted molar refractivity (Wildman–Crippen MR) is 64.7 cm³/mol. The standard InChI is InChI=1S/C14H22O/c1-5-12-7-6-10-14(3,4)13(12)9-8-11(2)15/h7-9,13H,5-6,10H2,1-4H3/b9-8+/t13-/m1/s1. The first-order chi connectivity index (χ1) is 6.97. The molecule has 1 nitrogen and oxygen atoms in total. The summed E-state index contributed by atoms with van der Waals surface area (Å²) in [5, 5.41) is 0. The van der Waals surface area contributed by atoms with Crippen molar-refractivity contribution in [1.29, 1.82) is 0 Å². The lowest BCUT2D eigenvalue weighted by atomic mass is 9.67. The Balaban J connectivity index is 2.91. The average Bonchev–Trinajstić information content (AvgIpc) is 2.14. The highest BCUT2D eigenvalue weighted by Crippen LogP contribution is 2.42. The zero-order valence-corrected chi connectivity index (χ0v) is 10.3. The summed E-state index contributed by atoms with van der Waals surface area (Å²) >= 11 is 0. The molecule has 0 aromatic heterocycles. The van der Waals surface area contributed by atoms with Crippen LogP contribution in [0.15, 0.2) is 23.8 Å². The molecule has 0 bridgehead atoms. The van der Waals surface area contributed by atoms with Crippen molar-refractivity contribution in [3.8, 4) is 0 Å². The van der Waals surface area contributed by atoms with Gasteiger partial charge in [-0.25, -0.2) is 0 Å². The van der Waals surface area contributed by atoms with Gasteiger partial charge in [-0.1, -0.05) is 38.5 Å². The van der Waals surface area contributed by atoms with E-state index in [0.717, 1.165) is 6.42 Å². The fourth-order valence-electron chi connectivity index (χ4n) is 2.39. The smallest absolute Gasteiger partial charge is 0.152 e. The highest BCUT2D eigenvalue weighted by Gasteiger charge is 2.31. The maximum Gasteiger partial charge on any atom is 0.152 e. The largest absolute Gasteiger partial charge is 0.295 e. The van der Waals surface area contributed by atoms with Crippen molar-refractivity contribution in [3.05, 3.63) is 23.8 Å². The highest BCUT2D eigenvalue weighted by atomic mass is 16.1. The maximum absolute atomic E-state index is 11.0. The number of hydrogen-bond donors (Lipinski definition) is 0. The van der Waals surface area contributed by atoms with Crippen molar-refractivity contribution in [1.82, 2.24) is 0 Å². The Kier molecular flexibility index (Phi) is 3.90. The normalized spacial score (nSPS) is 25.3. The van der Waals surface area contributed by atoms with E-state index in [9.17, 15) is 4.79 Å². The third-order valence-corrected chi connectivity index (χ3v) is 3.37. The van der Waals surface area contributed by atoms with Crippen LogP contribution in [0.2, 0.25) is 0 Å². The molecule has 1 heteroatoms. The number of hydrogen-bond acceptors (Lipinski definition) is 1.